The van der Waals surface area contributed by atoms with Crippen molar-refractivity contribution in [3.63, 3.8) is 0 Å². The van der Waals surface area contributed by atoms with Gasteiger partial charge in [0.15, 0.2) is 11.0 Å². The summed E-state index contributed by atoms with van der Waals surface area (Å²) in [5.41, 5.74) is 0.954. The third kappa shape index (κ3) is 3.69. The summed E-state index contributed by atoms with van der Waals surface area (Å²) in [7, 11) is 0. The van der Waals surface area contributed by atoms with Gasteiger partial charge in [0.05, 0.1) is 10.9 Å². The summed E-state index contributed by atoms with van der Waals surface area (Å²) in [5, 5.41) is 23.8. The van der Waals surface area contributed by atoms with Crippen molar-refractivity contribution in [2.75, 3.05) is 0 Å². The van der Waals surface area contributed by atoms with E-state index in [1.807, 2.05) is 52.4 Å². The summed E-state index contributed by atoms with van der Waals surface area (Å²) in [4.78, 5) is 11.1. The second-order valence-electron chi connectivity index (χ2n) is 5.31. The van der Waals surface area contributed by atoms with E-state index >= 15 is 0 Å². The topological polar surface area (TPSA) is 87.0 Å². The van der Waals surface area contributed by atoms with Crippen molar-refractivity contribution in [3.8, 4) is 16.4 Å². The summed E-state index contributed by atoms with van der Waals surface area (Å²) in [6.45, 7) is 0. The highest BCUT2D eigenvalue weighted by molar-refractivity contribution is 8.02. The van der Waals surface area contributed by atoms with Gasteiger partial charge in [-0.15, -0.1) is 21.5 Å². The number of benzene rings is 1. The molecule has 134 valence electrons. The molecule has 0 aliphatic heterocycles. The van der Waals surface area contributed by atoms with Crippen LogP contribution in [-0.2, 0) is 0 Å². The summed E-state index contributed by atoms with van der Waals surface area (Å²) < 4.78 is 7.10. The molecular formula is C18H12N4O3S2. The molecule has 0 fully saturated rings. The van der Waals surface area contributed by atoms with Crippen LogP contribution in [0.1, 0.15) is 5.76 Å². The van der Waals surface area contributed by atoms with Crippen LogP contribution in [0.2, 0.25) is 0 Å². The van der Waals surface area contributed by atoms with Gasteiger partial charge in [0.2, 0.25) is 0 Å². The van der Waals surface area contributed by atoms with Crippen LogP contribution in [0.15, 0.2) is 75.0 Å². The molecule has 0 aliphatic carbocycles. The van der Waals surface area contributed by atoms with E-state index in [-0.39, 0.29) is 5.88 Å². The Hall–Kier alpha value is -3.17. The maximum atomic E-state index is 10.7. The first-order chi connectivity index (χ1) is 13.2. The first kappa shape index (κ1) is 17.3. The van der Waals surface area contributed by atoms with Gasteiger partial charge in [-0.25, -0.2) is 0 Å². The summed E-state index contributed by atoms with van der Waals surface area (Å²) in [5.74, 6) is 0.881. The maximum Gasteiger partial charge on any atom is 0.433 e. The standard InChI is InChI=1S/C18H12N4O3S2/c23-22(24)16-9-8-14(25-16)10-12-27-18-20-19-17(15-7-4-11-26-15)21(18)13-5-2-1-3-6-13/h1-12H/b12-10+. The van der Waals surface area contributed by atoms with Crippen LogP contribution >= 0.6 is 23.1 Å². The lowest BCUT2D eigenvalue weighted by atomic mass is 10.3. The van der Waals surface area contributed by atoms with Gasteiger partial charge in [0.1, 0.15) is 10.7 Å². The van der Waals surface area contributed by atoms with E-state index < -0.39 is 4.92 Å². The number of aromatic nitrogens is 3. The quantitative estimate of drug-likeness (QED) is 0.251. The van der Waals surface area contributed by atoms with Crippen LogP contribution in [0.5, 0.6) is 0 Å². The molecule has 0 radical (unpaired) electrons. The molecule has 0 atom stereocenters. The fourth-order valence-corrected chi connectivity index (χ4v) is 3.82. The molecule has 0 saturated carbocycles. The van der Waals surface area contributed by atoms with Crippen molar-refractivity contribution in [3.05, 3.63) is 81.3 Å². The Labute approximate surface area is 162 Å². The number of thioether (sulfide) groups is 1. The molecule has 0 aliphatic rings. The Morgan fingerprint density at radius 2 is 1.96 bits per heavy atom. The van der Waals surface area contributed by atoms with E-state index in [2.05, 4.69) is 10.2 Å². The largest absolute Gasteiger partial charge is 0.433 e. The second kappa shape index (κ2) is 7.60. The minimum absolute atomic E-state index is 0.285. The Bertz CT molecular complexity index is 1090. The molecule has 3 heterocycles. The molecule has 1 aromatic carbocycles. The molecule has 0 N–H and O–H groups in total. The minimum Gasteiger partial charge on any atom is -0.401 e. The first-order valence-corrected chi connectivity index (χ1v) is 9.60. The van der Waals surface area contributed by atoms with Crippen molar-refractivity contribution >= 4 is 35.1 Å². The lowest BCUT2D eigenvalue weighted by Crippen LogP contribution is -1.97. The van der Waals surface area contributed by atoms with Gasteiger partial charge in [0, 0.05) is 5.69 Å². The predicted molar refractivity (Wildman–Crippen MR) is 105 cm³/mol. The Balaban J connectivity index is 1.64. The molecule has 9 heteroatoms. The number of furan rings is 1. The highest BCUT2D eigenvalue weighted by atomic mass is 32.2. The normalized spacial score (nSPS) is 11.3. The second-order valence-corrected chi connectivity index (χ2v) is 7.13. The molecule has 7 nitrogen and oxygen atoms in total. The first-order valence-electron chi connectivity index (χ1n) is 7.84. The molecule has 0 amide bonds. The van der Waals surface area contributed by atoms with E-state index in [1.54, 1.807) is 28.9 Å². The van der Waals surface area contributed by atoms with Gasteiger partial charge in [0.25, 0.3) is 0 Å². The molecule has 27 heavy (non-hydrogen) atoms. The molecular weight excluding hydrogens is 384 g/mol. The number of para-hydroxylation sites is 1. The van der Waals surface area contributed by atoms with Crippen LogP contribution in [0.4, 0.5) is 5.88 Å². The van der Waals surface area contributed by atoms with Crippen LogP contribution in [0, 0.1) is 10.1 Å². The van der Waals surface area contributed by atoms with E-state index in [0.717, 1.165) is 16.4 Å². The van der Waals surface area contributed by atoms with Crippen molar-refractivity contribution in [2.45, 2.75) is 5.16 Å². The Kier molecular flexibility index (Phi) is 4.86. The number of nitro groups is 1. The van der Waals surface area contributed by atoms with Crippen LogP contribution in [0.3, 0.4) is 0 Å². The smallest absolute Gasteiger partial charge is 0.401 e. The highest BCUT2D eigenvalue weighted by Crippen LogP contribution is 2.31. The van der Waals surface area contributed by atoms with E-state index in [9.17, 15) is 10.1 Å². The zero-order valence-electron chi connectivity index (χ0n) is 13.8. The molecule has 0 bridgehead atoms. The van der Waals surface area contributed by atoms with E-state index in [1.165, 1.54) is 17.8 Å². The van der Waals surface area contributed by atoms with E-state index in [4.69, 9.17) is 4.42 Å². The van der Waals surface area contributed by atoms with Crippen molar-refractivity contribution in [1.82, 2.24) is 14.8 Å². The summed E-state index contributed by atoms with van der Waals surface area (Å²) in [6, 6.07) is 16.7. The number of rotatable bonds is 6. The van der Waals surface area contributed by atoms with Crippen molar-refractivity contribution in [1.29, 1.82) is 0 Å². The maximum absolute atomic E-state index is 10.7. The number of hydrogen-bond donors (Lipinski definition) is 0. The Morgan fingerprint density at radius 3 is 2.67 bits per heavy atom. The Morgan fingerprint density at radius 1 is 1.11 bits per heavy atom. The van der Waals surface area contributed by atoms with Gasteiger partial charge < -0.3 is 4.42 Å². The number of hydrogen-bond acceptors (Lipinski definition) is 7. The lowest BCUT2D eigenvalue weighted by molar-refractivity contribution is -0.402. The molecule has 4 rings (SSSR count). The molecule has 0 spiro atoms. The van der Waals surface area contributed by atoms with E-state index in [0.29, 0.717) is 10.9 Å². The molecule has 4 aromatic rings. The summed E-state index contributed by atoms with van der Waals surface area (Å²) >= 11 is 2.95. The fourth-order valence-electron chi connectivity index (χ4n) is 2.41. The van der Waals surface area contributed by atoms with Crippen LogP contribution < -0.4 is 0 Å². The average Bonchev–Trinajstić information content (AvgIpc) is 3.43. The van der Waals surface area contributed by atoms with Gasteiger partial charge in [-0.1, -0.05) is 36.0 Å². The number of thiophene rings is 1. The number of nitrogens with zero attached hydrogens (tertiary/aromatic N) is 4. The van der Waals surface area contributed by atoms with Crippen LogP contribution in [-0.4, -0.2) is 19.7 Å². The monoisotopic (exact) mass is 396 g/mol. The van der Waals surface area contributed by atoms with Gasteiger partial charge >= 0.3 is 5.88 Å². The van der Waals surface area contributed by atoms with Crippen LogP contribution in [0.25, 0.3) is 22.5 Å². The van der Waals surface area contributed by atoms with Gasteiger partial charge in [-0.2, -0.15) is 0 Å². The molecule has 3 aromatic heterocycles. The average molecular weight is 396 g/mol. The van der Waals surface area contributed by atoms with Crippen molar-refractivity contribution < 1.29 is 9.34 Å². The minimum atomic E-state index is -0.566. The zero-order chi connectivity index (χ0) is 18.6. The van der Waals surface area contributed by atoms with Crippen molar-refractivity contribution in [2.24, 2.45) is 0 Å². The van der Waals surface area contributed by atoms with Gasteiger partial charge in [-0.3, -0.25) is 14.7 Å². The third-order valence-corrected chi connectivity index (χ3v) is 5.20. The fraction of sp³-hybridized carbons (Fsp3) is 0. The third-order valence-electron chi connectivity index (χ3n) is 3.59. The highest BCUT2D eigenvalue weighted by Gasteiger charge is 2.16. The predicted octanol–water partition coefficient (Wildman–Crippen LogP) is 5.26. The summed E-state index contributed by atoms with van der Waals surface area (Å²) in [6.07, 6.45) is 1.66. The SMILES string of the molecule is O=[N+]([O-])c1ccc(/C=C/Sc2nnc(-c3cccs3)n2-c2ccccc2)o1. The lowest BCUT2D eigenvalue weighted by Gasteiger charge is -2.07. The molecule has 0 unspecified atom stereocenters. The zero-order valence-corrected chi connectivity index (χ0v) is 15.4. The molecule has 0 saturated heterocycles. The van der Waals surface area contributed by atoms with Gasteiger partial charge in [-0.05, 0) is 41.1 Å².